The molecule has 0 heterocycles. The molecule has 0 aromatic heterocycles. The summed E-state index contributed by atoms with van der Waals surface area (Å²) in [5, 5.41) is 3.20. The van der Waals surface area contributed by atoms with E-state index in [4.69, 9.17) is 0 Å². The zero-order valence-electron chi connectivity index (χ0n) is 10.2. The fourth-order valence-electron chi connectivity index (χ4n) is 1.81. The van der Waals surface area contributed by atoms with Crippen LogP contribution in [0.2, 0.25) is 0 Å². The van der Waals surface area contributed by atoms with Gasteiger partial charge in [-0.2, -0.15) is 0 Å². The summed E-state index contributed by atoms with van der Waals surface area (Å²) in [4.78, 5) is 0. The van der Waals surface area contributed by atoms with Gasteiger partial charge in [-0.3, -0.25) is 0 Å². The van der Waals surface area contributed by atoms with Gasteiger partial charge in [-0.15, -0.1) is 0 Å². The fraction of sp³-hybridized carbons (Fsp3) is 0.571. The lowest BCUT2D eigenvalue weighted by molar-refractivity contribution is 0.515. The topological polar surface area (TPSA) is 12.0 Å². The summed E-state index contributed by atoms with van der Waals surface area (Å²) >= 11 is 0. The van der Waals surface area contributed by atoms with E-state index >= 15 is 0 Å². The Labute approximate surface area is 93.9 Å². The SMILES string of the molecule is CCc1ccc(CC(C)CCNC)cc1. The molecular weight excluding hydrogens is 182 g/mol. The first-order chi connectivity index (χ1) is 7.26. The minimum absolute atomic E-state index is 0.768. The zero-order valence-corrected chi connectivity index (χ0v) is 10.2. The molecule has 84 valence electrons. The normalized spacial score (nSPS) is 12.7. The molecule has 1 N–H and O–H groups in total. The maximum absolute atomic E-state index is 3.20. The summed E-state index contributed by atoms with van der Waals surface area (Å²) in [6.07, 6.45) is 3.59. The number of hydrogen-bond donors (Lipinski definition) is 1. The molecule has 1 aromatic rings. The molecule has 0 saturated carbocycles. The second kappa shape index (κ2) is 6.62. The van der Waals surface area contributed by atoms with Crippen LogP contribution in [0.25, 0.3) is 0 Å². The Morgan fingerprint density at radius 1 is 1.13 bits per heavy atom. The van der Waals surface area contributed by atoms with Crippen molar-refractivity contribution in [3.63, 3.8) is 0 Å². The van der Waals surface area contributed by atoms with E-state index in [1.807, 2.05) is 7.05 Å². The van der Waals surface area contributed by atoms with E-state index in [-0.39, 0.29) is 0 Å². The molecule has 0 bridgehead atoms. The standard InChI is InChI=1S/C14H23N/c1-4-13-5-7-14(8-6-13)11-12(2)9-10-15-3/h5-8,12,15H,4,9-11H2,1-3H3. The Balaban J connectivity index is 2.42. The average Bonchev–Trinajstić information content (AvgIpc) is 2.27. The van der Waals surface area contributed by atoms with Crippen LogP contribution in [0.15, 0.2) is 24.3 Å². The second-order valence-electron chi connectivity index (χ2n) is 4.37. The summed E-state index contributed by atoms with van der Waals surface area (Å²) in [5.74, 6) is 0.768. The van der Waals surface area contributed by atoms with Gasteiger partial charge in [-0.05, 0) is 49.9 Å². The number of nitrogens with one attached hydrogen (secondary N) is 1. The number of rotatable bonds is 6. The van der Waals surface area contributed by atoms with Crippen molar-refractivity contribution in [1.29, 1.82) is 0 Å². The predicted octanol–water partition coefficient (Wildman–Crippen LogP) is 3.04. The number of benzene rings is 1. The molecule has 1 nitrogen and oxygen atoms in total. The third kappa shape index (κ3) is 4.48. The van der Waals surface area contributed by atoms with E-state index in [2.05, 4.69) is 43.4 Å². The third-order valence-corrected chi connectivity index (χ3v) is 2.90. The van der Waals surface area contributed by atoms with E-state index < -0.39 is 0 Å². The van der Waals surface area contributed by atoms with Crippen LogP contribution in [0.1, 0.15) is 31.4 Å². The largest absolute Gasteiger partial charge is 0.320 e. The van der Waals surface area contributed by atoms with Crippen LogP contribution in [-0.2, 0) is 12.8 Å². The van der Waals surface area contributed by atoms with Crippen LogP contribution >= 0.6 is 0 Å². The van der Waals surface area contributed by atoms with Crippen LogP contribution in [0.5, 0.6) is 0 Å². The second-order valence-corrected chi connectivity index (χ2v) is 4.37. The molecule has 1 rings (SSSR count). The van der Waals surface area contributed by atoms with Crippen molar-refractivity contribution in [3.8, 4) is 0 Å². The highest BCUT2D eigenvalue weighted by Crippen LogP contribution is 2.12. The summed E-state index contributed by atoms with van der Waals surface area (Å²) < 4.78 is 0. The minimum atomic E-state index is 0.768. The zero-order chi connectivity index (χ0) is 11.1. The van der Waals surface area contributed by atoms with E-state index in [0.717, 1.165) is 18.9 Å². The van der Waals surface area contributed by atoms with Gasteiger partial charge in [0.15, 0.2) is 0 Å². The van der Waals surface area contributed by atoms with Crippen molar-refractivity contribution in [2.75, 3.05) is 13.6 Å². The molecule has 0 spiro atoms. The van der Waals surface area contributed by atoms with Gasteiger partial charge in [0.1, 0.15) is 0 Å². The highest BCUT2D eigenvalue weighted by atomic mass is 14.8. The first kappa shape index (κ1) is 12.3. The van der Waals surface area contributed by atoms with Gasteiger partial charge in [-0.25, -0.2) is 0 Å². The molecule has 1 unspecified atom stereocenters. The highest BCUT2D eigenvalue weighted by Gasteiger charge is 2.02. The Morgan fingerprint density at radius 2 is 1.73 bits per heavy atom. The van der Waals surface area contributed by atoms with Gasteiger partial charge in [0, 0.05) is 0 Å². The Bertz CT molecular complexity index is 263. The van der Waals surface area contributed by atoms with Crippen LogP contribution in [0.3, 0.4) is 0 Å². The molecule has 15 heavy (non-hydrogen) atoms. The Hall–Kier alpha value is -0.820. The minimum Gasteiger partial charge on any atom is -0.320 e. The molecular formula is C14H23N. The summed E-state index contributed by atoms with van der Waals surface area (Å²) in [6, 6.07) is 9.05. The van der Waals surface area contributed by atoms with Crippen LogP contribution in [0, 0.1) is 5.92 Å². The summed E-state index contributed by atoms with van der Waals surface area (Å²) in [5.41, 5.74) is 2.90. The van der Waals surface area contributed by atoms with Gasteiger partial charge in [0.25, 0.3) is 0 Å². The third-order valence-electron chi connectivity index (χ3n) is 2.90. The highest BCUT2D eigenvalue weighted by molar-refractivity contribution is 5.22. The molecule has 0 aliphatic carbocycles. The predicted molar refractivity (Wildman–Crippen MR) is 67.2 cm³/mol. The molecule has 0 fully saturated rings. The first-order valence-electron chi connectivity index (χ1n) is 5.98. The monoisotopic (exact) mass is 205 g/mol. The number of aryl methyl sites for hydroxylation is 1. The first-order valence-corrected chi connectivity index (χ1v) is 5.98. The van der Waals surface area contributed by atoms with Crippen LogP contribution in [0.4, 0.5) is 0 Å². The van der Waals surface area contributed by atoms with Gasteiger partial charge >= 0.3 is 0 Å². The van der Waals surface area contributed by atoms with Gasteiger partial charge in [-0.1, -0.05) is 38.1 Å². The molecule has 1 atom stereocenters. The molecule has 0 radical (unpaired) electrons. The summed E-state index contributed by atoms with van der Waals surface area (Å²) in [6.45, 7) is 5.64. The molecule has 0 saturated heterocycles. The van der Waals surface area contributed by atoms with E-state index in [1.165, 1.54) is 24.0 Å². The molecule has 0 amide bonds. The lowest BCUT2D eigenvalue weighted by atomic mass is 9.97. The van der Waals surface area contributed by atoms with E-state index in [9.17, 15) is 0 Å². The van der Waals surface area contributed by atoms with Crippen molar-refractivity contribution in [1.82, 2.24) is 5.32 Å². The van der Waals surface area contributed by atoms with Crippen LogP contribution < -0.4 is 5.32 Å². The van der Waals surface area contributed by atoms with Crippen molar-refractivity contribution in [2.24, 2.45) is 5.92 Å². The number of hydrogen-bond acceptors (Lipinski definition) is 1. The van der Waals surface area contributed by atoms with E-state index in [1.54, 1.807) is 0 Å². The maximum Gasteiger partial charge on any atom is -0.00493 e. The van der Waals surface area contributed by atoms with Gasteiger partial charge < -0.3 is 5.32 Å². The average molecular weight is 205 g/mol. The van der Waals surface area contributed by atoms with Gasteiger partial charge in [0.05, 0.1) is 0 Å². The Kier molecular flexibility index (Phi) is 5.41. The Morgan fingerprint density at radius 3 is 2.27 bits per heavy atom. The fourth-order valence-corrected chi connectivity index (χ4v) is 1.81. The van der Waals surface area contributed by atoms with Crippen LogP contribution in [-0.4, -0.2) is 13.6 Å². The van der Waals surface area contributed by atoms with Crippen molar-refractivity contribution in [3.05, 3.63) is 35.4 Å². The van der Waals surface area contributed by atoms with Crippen molar-refractivity contribution in [2.45, 2.75) is 33.1 Å². The molecule has 0 aliphatic rings. The van der Waals surface area contributed by atoms with Crippen molar-refractivity contribution < 1.29 is 0 Å². The lowest BCUT2D eigenvalue weighted by Crippen LogP contribution is -2.12. The molecule has 1 heteroatoms. The maximum atomic E-state index is 3.20. The molecule has 1 aromatic carbocycles. The van der Waals surface area contributed by atoms with Gasteiger partial charge in [0.2, 0.25) is 0 Å². The summed E-state index contributed by atoms with van der Waals surface area (Å²) in [7, 11) is 2.02. The quantitative estimate of drug-likeness (QED) is 0.752. The lowest BCUT2D eigenvalue weighted by Gasteiger charge is -2.11. The smallest absolute Gasteiger partial charge is 0.00493 e. The van der Waals surface area contributed by atoms with E-state index in [0.29, 0.717) is 0 Å². The molecule has 0 aliphatic heterocycles. The van der Waals surface area contributed by atoms with Crippen molar-refractivity contribution >= 4 is 0 Å².